The van der Waals surface area contributed by atoms with E-state index in [4.69, 9.17) is 28.0 Å². The van der Waals surface area contributed by atoms with Gasteiger partial charge in [0.05, 0.1) is 6.04 Å². The summed E-state index contributed by atoms with van der Waals surface area (Å²) in [5.41, 5.74) is -0.953. The van der Waals surface area contributed by atoms with Crippen molar-refractivity contribution in [2.24, 2.45) is 5.92 Å². The maximum Gasteiger partial charge on any atom is 0.423 e. The van der Waals surface area contributed by atoms with E-state index in [1.54, 1.807) is 25.1 Å². The second-order valence-electron chi connectivity index (χ2n) is 8.68. The van der Waals surface area contributed by atoms with Crippen molar-refractivity contribution >= 4 is 39.8 Å². The van der Waals surface area contributed by atoms with Gasteiger partial charge in [-0.25, -0.2) is 0 Å². The van der Waals surface area contributed by atoms with Gasteiger partial charge in [0.25, 0.3) is 0 Å². The van der Waals surface area contributed by atoms with Crippen LogP contribution in [-0.4, -0.2) is 39.8 Å². The van der Waals surface area contributed by atoms with Gasteiger partial charge in [-0.3, -0.25) is 13.8 Å². The van der Waals surface area contributed by atoms with E-state index < -0.39 is 35.0 Å². The molecule has 0 radical (unpaired) electrons. The Bertz CT molecular complexity index is 1100. The molecular formula is C23H22Cl2F3NO3S. The van der Waals surface area contributed by atoms with Crippen molar-refractivity contribution in [3.8, 4) is 0 Å². The lowest BCUT2D eigenvalue weighted by molar-refractivity contribution is -0.322. The highest BCUT2D eigenvalue weighted by atomic mass is 35.5. The average Bonchev–Trinajstić information content (AvgIpc) is 3.04. The second kappa shape index (κ2) is 8.96. The van der Waals surface area contributed by atoms with E-state index in [0.717, 1.165) is 0 Å². The lowest BCUT2D eigenvalue weighted by Gasteiger charge is -2.31. The molecule has 33 heavy (non-hydrogen) atoms. The molecular weight excluding hydrogens is 498 g/mol. The van der Waals surface area contributed by atoms with Crippen LogP contribution in [0.25, 0.3) is 0 Å². The van der Waals surface area contributed by atoms with E-state index in [9.17, 15) is 22.2 Å². The van der Waals surface area contributed by atoms with E-state index in [2.05, 4.69) is 0 Å². The van der Waals surface area contributed by atoms with Crippen LogP contribution < -0.4 is 0 Å². The molecule has 2 saturated heterocycles. The summed E-state index contributed by atoms with van der Waals surface area (Å²) in [6.45, 7) is 1.76. The smallest absolute Gasteiger partial charge is 0.294 e. The van der Waals surface area contributed by atoms with Gasteiger partial charge in [0.2, 0.25) is 5.60 Å². The van der Waals surface area contributed by atoms with E-state index in [-0.39, 0.29) is 27.3 Å². The van der Waals surface area contributed by atoms with Gasteiger partial charge in [0, 0.05) is 57.8 Å². The predicted octanol–water partition coefficient (Wildman–Crippen LogP) is 6.02. The number of rotatable bonds is 5. The number of hydroxylamine groups is 2. The first-order valence-electron chi connectivity index (χ1n) is 10.3. The topological polar surface area (TPSA) is 46.6 Å². The van der Waals surface area contributed by atoms with Crippen LogP contribution in [0.1, 0.15) is 45.9 Å². The minimum atomic E-state index is -4.72. The molecule has 2 unspecified atom stereocenters. The molecule has 4 rings (SSSR count). The first-order chi connectivity index (χ1) is 15.4. The molecule has 2 aromatic rings. The maximum atomic E-state index is 14.4. The molecule has 4 nitrogen and oxygen atoms in total. The molecule has 178 valence electrons. The van der Waals surface area contributed by atoms with Crippen molar-refractivity contribution in [1.82, 2.24) is 5.06 Å². The fourth-order valence-electron chi connectivity index (χ4n) is 4.54. The zero-order valence-electron chi connectivity index (χ0n) is 17.9. The summed E-state index contributed by atoms with van der Waals surface area (Å²) in [6.07, 6.45) is -4.80. The Kier molecular flexibility index (Phi) is 6.70. The number of hydrogen-bond acceptors (Lipinski definition) is 4. The Labute approximate surface area is 202 Å². The van der Waals surface area contributed by atoms with Crippen molar-refractivity contribution in [2.45, 2.75) is 37.6 Å². The maximum absolute atomic E-state index is 14.4. The highest BCUT2D eigenvalue weighted by molar-refractivity contribution is 7.86. The van der Waals surface area contributed by atoms with Crippen LogP contribution in [0.4, 0.5) is 13.2 Å². The Morgan fingerprint density at radius 1 is 1.18 bits per heavy atom. The SMILES string of the molecule is Cc1cc(C2CC(c3cc(Cl)cc(Cl)c3)(C(F)(F)F)ON2C)ccc1C(=O)CC1CS(=O)C1. The number of carbonyl (C=O) groups is 1. The number of benzene rings is 2. The molecule has 2 aromatic carbocycles. The normalized spacial score (nSPS) is 28.0. The molecule has 0 aliphatic carbocycles. The molecule has 2 heterocycles. The molecule has 0 N–H and O–H groups in total. The first kappa shape index (κ1) is 24.7. The molecule has 0 saturated carbocycles. The minimum Gasteiger partial charge on any atom is -0.294 e. The fraction of sp³-hybridized carbons (Fsp3) is 0.435. The summed E-state index contributed by atoms with van der Waals surface area (Å²) in [4.78, 5) is 18.1. The van der Waals surface area contributed by atoms with Crippen LogP contribution in [0.2, 0.25) is 10.0 Å². The molecule has 0 amide bonds. The third-order valence-corrected chi connectivity index (χ3v) is 8.38. The summed E-state index contributed by atoms with van der Waals surface area (Å²) in [5.74, 6) is 1.17. The number of carbonyl (C=O) groups excluding carboxylic acids is 1. The summed E-state index contributed by atoms with van der Waals surface area (Å²) < 4.78 is 54.4. The highest BCUT2D eigenvalue weighted by Crippen LogP contribution is 2.54. The highest BCUT2D eigenvalue weighted by Gasteiger charge is 2.63. The van der Waals surface area contributed by atoms with Gasteiger partial charge in [0.15, 0.2) is 5.78 Å². The number of Topliss-reactive ketones (excluding diaryl/α,β-unsaturated/α-hetero) is 1. The molecule has 2 atom stereocenters. The Balaban J connectivity index is 1.62. The number of nitrogens with zero attached hydrogens (tertiary/aromatic N) is 1. The van der Waals surface area contributed by atoms with Gasteiger partial charge in [0.1, 0.15) is 0 Å². The summed E-state index contributed by atoms with van der Waals surface area (Å²) >= 11 is 12.0. The van der Waals surface area contributed by atoms with E-state index in [0.29, 0.717) is 34.6 Å². The Morgan fingerprint density at radius 2 is 1.82 bits per heavy atom. The van der Waals surface area contributed by atoms with Crippen molar-refractivity contribution in [3.63, 3.8) is 0 Å². The van der Waals surface area contributed by atoms with Crippen LogP contribution in [0.5, 0.6) is 0 Å². The third kappa shape index (κ3) is 4.73. The molecule has 0 aromatic heterocycles. The van der Waals surface area contributed by atoms with Crippen LogP contribution in [0, 0.1) is 12.8 Å². The number of hydrogen-bond donors (Lipinski definition) is 0. The van der Waals surface area contributed by atoms with Crippen LogP contribution in [-0.2, 0) is 21.2 Å². The lowest BCUT2D eigenvalue weighted by atomic mass is 9.85. The van der Waals surface area contributed by atoms with Gasteiger partial charge in [-0.15, -0.1) is 0 Å². The molecule has 2 aliphatic rings. The monoisotopic (exact) mass is 519 g/mol. The average molecular weight is 520 g/mol. The lowest BCUT2D eigenvalue weighted by Crippen LogP contribution is -2.42. The molecule has 10 heteroatoms. The van der Waals surface area contributed by atoms with Gasteiger partial charge in [-0.05, 0) is 47.7 Å². The van der Waals surface area contributed by atoms with Crippen molar-refractivity contribution < 1.29 is 27.0 Å². The molecule has 0 spiro atoms. The van der Waals surface area contributed by atoms with Crippen LogP contribution in [0.15, 0.2) is 36.4 Å². The van der Waals surface area contributed by atoms with Gasteiger partial charge in [-0.1, -0.05) is 41.4 Å². The van der Waals surface area contributed by atoms with E-state index in [1.807, 2.05) is 0 Å². The minimum absolute atomic E-state index is 0.0463. The standard InChI is InChI=1S/C23H22Cl2F3NO3S/c1-13-5-15(3-4-19(13)21(30)6-14-11-33(31)12-14)20-10-22(23(26,27)28,32-29(20)2)16-7-17(24)9-18(25)8-16/h3-5,7-9,14,20H,6,10-12H2,1-2H3. The van der Waals surface area contributed by atoms with Gasteiger partial charge < -0.3 is 0 Å². The fourth-order valence-corrected chi connectivity index (χ4v) is 6.25. The largest absolute Gasteiger partial charge is 0.423 e. The zero-order chi connectivity index (χ0) is 24.1. The quantitative estimate of drug-likeness (QED) is 0.453. The number of alkyl halides is 3. The Morgan fingerprint density at radius 3 is 2.36 bits per heavy atom. The zero-order valence-corrected chi connectivity index (χ0v) is 20.2. The first-order valence-corrected chi connectivity index (χ1v) is 12.6. The summed E-state index contributed by atoms with van der Waals surface area (Å²) in [5, 5.41) is 1.37. The van der Waals surface area contributed by atoms with Crippen LogP contribution >= 0.6 is 23.2 Å². The third-order valence-electron chi connectivity index (χ3n) is 6.26. The van der Waals surface area contributed by atoms with Crippen molar-refractivity contribution in [1.29, 1.82) is 0 Å². The second-order valence-corrected chi connectivity index (χ2v) is 11.1. The number of ketones is 1. The molecule has 2 aliphatic heterocycles. The number of halogens is 5. The summed E-state index contributed by atoms with van der Waals surface area (Å²) in [6, 6.07) is 8.15. The predicted molar refractivity (Wildman–Crippen MR) is 122 cm³/mol. The van der Waals surface area contributed by atoms with Crippen LogP contribution in [0.3, 0.4) is 0 Å². The molecule has 2 fully saturated rings. The molecule has 0 bridgehead atoms. The van der Waals surface area contributed by atoms with E-state index >= 15 is 0 Å². The number of aryl methyl sites for hydroxylation is 1. The van der Waals surface area contributed by atoms with E-state index in [1.165, 1.54) is 30.3 Å². The van der Waals surface area contributed by atoms with Crippen molar-refractivity contribution in [2.75, 3.05) is 18.6 Å². The van der Waals surface area contributed by atoms with Gasteiger partial charge >= 0.3 is 6.18 Å². The Hall–Kier alpha value is -1.45. The van der Waals surface area contributed by atoms with Gasteiger partial charge in [-0.2, -0.15) is 18.2 Å². The van der Waals surface area contributed by atoms with Crippen molar-refractivity contribution in [3.05, 3.63) is 68.7 Å². The summed E-state index contributed by atoms with van der Waals surface area (Å²) in [7, 11) is 0.630.